The summed E-state index contributed by atoms with van der Waals surface area (Å²) in [7, 11) is 2.18. The van der Waals surface area contributed by atoms with Crippen LogP contribution in [0.2, 0.25) is 5.02 Å². The fourth-order valence-electron chi connectivity index (χ4n) is 7.67. The molecule has 2 saturated carbocycles. The molecule has 226 valence electrons. The van der Waals surface area contributed by atoms with Gasteiger partial charge < -0.3 is 20.3 Å². The summed E-state index contributed by atoms with van der Waals surface area (Å²) in [5.74, 6) is 4.33. The summed E-state index contributed by atoms with van der Waals surface area (Å²) in [5, 5.41) is 6.96. The number of fused-ring (bicyclic) bond motifs is 3. The predicted octanol–water partition coefficient (Wildman–Crippen LogP) is 5.97. The van der Waals surface area contributed by atoms with Crippen LogP contribution in [0.3, 0.4) is 0 Å². The summed E-state index contributed by atoms with van der Waals surface area (Å²) in [4.78, 5) is 26.8. The van der Waals surface area contributed by atoms with Crippen LogP contribution in [0.1, 0.15) is 25.7 Å². The molecule has 2 N–H and O–H groups in total. The van der Waals surface area contributed by atoms with E-state index < -0.39 is 5.82 Å². The summed E-state index contributed by atoms with van der Waals surface area (Å²) in [6.07, 6.45) is 10.1. The van der Waals surface area contributed by atoms with Gasteiger partial charge in [-0.05, 0) is 80.2 Å². The number of likely N-dealkylation sites (tertiary alicyclic amines) is 2. The summed E-state index contributed by atoms with van der Waals surface area (Å²) in [6, 6.07) is 8.10. The van der Waals surface area contributed by atoms with Crippen LogP contribution in [0.25, 0.3) is 10.9 Å². The number of hydrogen-bond acceptors (Lipinski definition) is 7. The molecule has 2 aliphatic carbocycles. The van der Waals surface area contributed by atoms with Crippen LogP contribution in [0.5, 0.6) is 5.75 Å². The molecule has 3 heterocycles. The second-order valence-electron chi connectivity index (χ2n) is 12.8. The van der Waals surface area contributed by atoms with Crippen molar-refractivity contribution in [3.8, 4) is 5.75 Å². The van der Waals surface area contributed by atoms with E-state index in [1.54, 1.807) is 12.1 Å². The average Bonchev–Trinajstić information content (AvgIpc) is 3.35. The smallest absolute Gasteiger partial charge is 0.248 e. The Hall–Kier alpha value is -3.27. The van der Waals surface area contributed by atoms with Crippen LogP contribution in [-0.4, -0.2) is 72.1 Å². The minimum atomic E-state index is -0.492. The van der Waals surface area contributed by atoms with Gasteiger partial charge in [0.2, 0.25) is 5.91 Å². The third kappa shape index (κ3) is 6.21. The van der Waals surface area contributed by atoms with Crippen LogP contribution in [0, 0.1) is 35.4 Å². The van der Waals surface area contributed by atoms with Gasteiger partial charge in [0, 0.05) is 55.9 Å². The quantitative estimate of drug-likeness (QED) is 0.276. The van der Waals surface area contributed by atoms with E-state index in [1.165, 1.54) is 50.8 Å². The molecule has 1 amide bonds. The molecule has 2 aliphatic heterocycles. The standard InChI is InChI=1S/C33H38ClFN6O2/c1-40-17-25-23(26(25)18-40)9-11-43-31-14-29-24(33(37-19-36-29)38-22-7-8-28(35)27(34)12-22)13-30(31)39-32(42)6-3-10-41-15-20-4-2-5-21(20)16-41/h3,6-8,12-14,19-21,23,25-26H,2,4-5,9-11,15-18H2,1H3,(H,39,42)(H,36,37,38). The molecule has 2 aromatic carbocycles. The second-order valence-corrected chi connectivity index (χ2v) is 13.2. The zero-order valence-corrected chi connectivity index (χ0v) is 25.2. The van der Waals surface area contributed by atoms with Crippen LogP contribution in [-0.2, 0) is 4.79 Å². The Morgan fingerprint density at radius 2 is 1.91 bits per heavy atom. The molecule has 4 unspecified atom stereocenters. The summed E-state index contributed by atoms with van der Waals surface area (Å²) in [5.41, 5.74) is 1.81. The van der Waals surface area contributed by atoms with E-state index in [-0.39, 0.29) is 10.9 Å². The highest BCUT2D eigenvalue weighted by Crippen LogP contribution is 2.53. The molecule has 0 spiro atoms. The Bertz CT molecular complexity index is 1530. The summed E-state index contributed by atoms with van der Waals surface area (Å²) < 4.78 is 20.0. The molecule has 3 aromatic rings. The lowest BCUT2D eigenvalue weighted by molar-refractivity contribution is -0.111. The van der Waals surface area contributed by atoms with Crippen molar-refractivity contribution in [2.75, 3.05) is 57.0 Å². The maximum atomic E-state index is 13.7. The zero-order valence-electron chi connectivity index (χ0n) is 24.4. The molecule has 43 heavy (non-hydrogen) atoms. The van der Waals surface area contributed by atoms with E-state index in [0.717, 1.165) is 49.7 Å². The lowest BCUT2D eigenvalue weighted by Gasteiger charge is -2.16. The van der Waals surface area contributed by atoms with Gasteiger partial charge in [-0.2, -0.15) is 0 Å². The maximum absolute atomic E-state index is 13.7. The van der Waals surface area contributed by atoms with E-state index in [9.17, 15) is 9.18 Å². The number of aromatic nitrogens is 2. The van der Waals surface area contributed by atoms with Gasteiger partial charge in [0.05, 0.1) is 22.8 Å². The van der Waals surface area contributed by atoms with Gasteiger partial charge in [0.1, 0.15) is 23.7 Å². The predicted molar refractivity (Wildman–Crippen MR) is 167 cm³/mol. The number of nitrogens with one attached hydrogen (secondary N) is 2. The molecule has 8 nitrogen and oxygen atoms in total. The molecule has 1 aromatic heterocycles. The number of ether oxygens (including phenoxy) is 1. The fraction of sp³-hybridized carbons (Fsp3) is 0.485. The highest BCUT2D eigenvalue weighted by atomic mass is 35.5. The Morgan fingerprint density at radius 3 is 2.67 bits per heavy atom. The van der Waals surface area contributed by atoms with E-state index in [1.807, 2.05) is 18.2 Å². The number of rotatable bonds is 10. The van der Waals surface area contributed by atoms with Crippen LogP contribution >= 0.6 is 11.6 Å². The normalized spacial score (nSPS) is 26.6. The third-order valence-corrected chi connectivity index (χ3v) is 10.2. The van der Waals surface area contributed by atoms with Gasteiger partial charge in [-0.25, -0.2) is 14.4 Å². The molecule has 4 fully saturated rings. The van der Waals surface area contributed by atoms with Crippen LogP contribution < -0.4 is 15.4 Å². The average molecular weight is 605 g/mol. The van der Waals surface area contributed by atoms with Crippen molar-refractivity contribution >= 4 is 45.6 Å². The van der Waals surface area contributed by atoms with Gasteiger partial charge >= 0.3 is 0 Å². The van der Waals surface area contributed by atoms with E-state index in [4.69, 9.17) is 16.3 Å². The van der Waals surface area contributed by atoms with Crippen molar-refractivity contribution in [3.63, 3.8) is 0 Å². The molecule has 4 aliphatic rings. The lowest BCUT2D eigenvalue weighted by atomic mass is 10.0. The second kappa shape index (κ2) is 12.0. The molecule has 7 rings (SSSR count). The summed E-state index contributed by atoms with van der Waals surface area (Å²) >= 11 is 6.00. The maximum Gasteiger partial charge on any atom is 0.248 e. The number of anilines is 3. The van der Waals surface area contributed by atoms with E-state index in [0.29, 0.717) is 46.4 Å². The van der Waals surface area contributed by atoms with Gasteiger partial charge in [-0.3, -0.25) is 9.69 Å². The highest BCUT2D eigenvalue weighted by Gasteiger charge is 2.53. The van der Waals surface area contributed by atoms with Gasteiger partial charge in [-0.15, -0.1) is 0 Å². The summed E-state index contributed by atoms with van der Waals surface area (Å²) in [6.45, 7) is 5.96. The van der Waals surface area contributed by atoms with Crippen molar-refractivity contribution in [2.24, 2.45) is 29.6 Å². The molecule has 0 radical (unpaired) electrons. The number of carbonyl (C=O) groups is 1. The van der Waals surface area contributed by atoms with Gasteiger partial charge in [0.25, 0.3) is 0 Å². The number of amides is 1. The SMILES string of the molecule is CN1CC2C(CCOc3cc4ncnc(Nc5ccc(F)c(Cl)c5)c4cc3NC(=O)C=CCN3CC4CCCC4C3)C2C1. The highest BCUT2D eigenvalue weighted by molar-refractivity contribution is 6.31. The van der Waals surface area contributed by atoms with Crippen LogP contribution in [0.4, 0.5) is 21.6 Å². The molecule has 4 atom stereocenters. The number of hydrogen-bond donors (Lipinski definition) is 2. The third-order valence-electron chi connectivity index (χ3n) is 9.87. The lowest BCUT2D eigenvalue weighted by Crippen LogP contribution is -2.22. The number of piperidine rings is 1. The Labute approximate surface area is 256 Å². The first-order valence-corrected chi connectivity index (χ1v) is 15.8. The molecular formula is C33H38ClFN6O2. The van der Waals surface area contributed by atoms with Crippen molar-refractivity contribution in [1.29, 1.82) is 0 Å². The number of benzene rings is 2. The Kier molecular flexibility index (Phi) is 7.97. The van der Waals surface area contributed by atoms with Gasteiger partial charge in [-0.1, -0.05) is 24.1 Å². The molecule has 2 saturated heterocycles. The van der Waals surface area contributed by atoms with Crippen molar-refractivity contribution < 1.29 is 13.9 Å². The Morgan fingerprint density at radius 1 is 1.12 bits per heavy atom. The van der Waals surface area contributed by atoms with E-state index >= 15 is 0 Å². The Balaban J connectivity index is 1.08. The number of carbonyl (C=O) groups excluding carboxylic acids is 1. The molecule has 10 heteroatoms. The largest absolute Gasteiger partial charge is 0.491 e. The fourth-order valence-corrected chi connectivity index (χ4v) is 7.85. The molecule has 0 bridgehead atoms. The minimum absolute atomic E-state index is 0.0161. The first-order chi connectivity index (χ1) is 20.9. The first kappa shape index (κ1) is 28.5. The van der Waals surface area contributed by atoms with Gasteiger partial charge in [0.15, 0.2) is 0 Å². The van der Waals surface area contributed by atoms with Crippen molar-refractivity contribution in [3.05, 3.63) is 59.7 Å². The van der Waals surface area contributed by atoms with Crippen LogP contribution in [0.15, 0.2) is 48.8 Å². The zero-order chi connectivity index (χ0) is 29.5. The van der Waals surface area contributed by atoms with E-state index in [2.05, 4.69) is 37.4 Å². The molecular weight excluding hydrogens is 567 g/mol. The topological polar surface area (TPSA) is 82.6 Å². The first-order valence-electron chi connectivity index (χ1n) is 15.4. The van der Waals surface area contributed by atoms with Crippen molar-refractivity contribution in [2.45, 2.75) is 25.7 Å². The number of nitrogens with zero attached hydrogens (tertiary/aromatic N) is 4. The minimum Gasteiger partial charge on any atom is -0.491 e. The number of halogens is 2. The monoisotopic (exact) mass is 604 g/mol. The van der Waals surface area contributed by atoms with Crippen molar-refractivity contribution in [1.82, 2.24) is 19.8 Å².